The third-order valence-corrected chi connectivity index (χ3v) is 5.79. The molecule has 0 N–H and O–H groups in total. The lowest BCUT2D eigenvalue weighted by atomic mass is 9.89. The fourth-order valence-electron chi connectivity index (χ4n) is 4.18. The van der Waals surface area contributed by atoms with Gasteiger partial charge in [0.2, 0.25) is 0 Å². The van der Waals surface area contributed by atoms with Crippen molar-refractivity contribution in [2.24, 2.45) is 0 Å². The highest BCUT2D eigenvalue weighted by atomic mass is 14.2. The molecule has 0 aliphatic heterocycles. The highest BCUT2D eigenvalue weighted by molar-refractivity contribution is 6.04. The summed E-state index contributed by atoms with van der Waals surface area (Å²) in [7, 11) is 0. The normalized spacial score (nSPS) is 11.0. The quantitative estimate of drug-likeness (QED) is 0.294. The van der Waals surface area contributed by atoms with Crippen LogP contribution in [0.5, 0.6) is 0 Å². The van der Waals surface area contributed by atoms with Gasteiger partial charge < -0.3 is 0 Å². The highest BCUT2D eigenvalue weighted by Gasteiger charge is 2.12. The lowest BCUT2D eigenvalue weighted by Crippen LogP contribution is -1.90. The van der Waals surface area contributed by atoms with Gasteiger partial charge >= 0.3 is 0 Å². The lowest BCUT2D eigenvalue weighted by molar-refractivity contribution is 1.19. The van der Waals surface area contributed by atoms with Gasteiger partial charge in [-0.2, -0.15) is 0 Å². The van der Waals surface area contributed by atoms with E-state index in [2.05, 4.69) is 122 Å². The molecule has 0 atom stereocenters. The Bertz CT molecular complexity index is 1280. The molecule has 0 saturated carbocycles. The van der Waals surface area contributed by atoms with E-state index in [1.54, 1.807) is 0 Å². The predicted molar refractivity (Wildman–Crippen MR) is 129 cm³/mol. The molecule has 0 aromatic heterocycles. The summed E-state index contributed by atoms with van der Waals surface area (Å²) in [5.41, 5.74) is 9.08. The van der Waals surface area contributed by atoms with Crippen LogP contribution >= 0.6 is 0 Å². The van der Waals surface area contributed by atoms with Crippen LogP contribution in [0, 0.1) is 6.92 Å². The average molecular weight is 385 g/mol. The van der Waals surface area contributed by atoms with Crippen molar-refractivity contribution in [3.63, 3.8) is 0 Å². The van der Waals surface area contributed by atoms with Crippen molar-refractivity contribution < 1.29 is 0 Å². The van der Waals surface area contributed by atoms with Gasteiger partial charge in [0.25, 0.3) is 0 Å². The Morgan fingerprint density at radius 1 is 0.500 bits per heavy atom. The largest absolute Gasteiger partial charge is 0.0622 e. The zero-order valence-electron chi connectivity index (χ0n) is 17.2. The number of fused-ring (bicyclic) bond motifs is 1. The zero-order valence-corrected chi connectivity index (χ0v) is 17.2. The van der Waals surface area contributed by atoms with E-state index in [9.17, 15) is 0 Å². The second-order valence-electron chi connectivity index (χ2n) is 7.93. The summed E-state index contributed by atoms with van der Waals surface area (Å²) in [5.74, 6) is 0. The van der Waals surface area contributed by atoms with Crippen molar-refractivity contribution in [3.05, 3.63) is 132 Å². The van der Waals surface area contributed by atoms with Gasteiger partial charge in [0, 0.05) is 0 Å². The van der Waals surface area contributed by atoms with Crippen LogP contribution in [0.2, 0.25) is 0 Å². The molecule has 144 valence electrons. The number of benzene rings is 5. The Morgan fingerprint density at radius 3 is 1.90 bits per heavy atom. The molecule has 5 rings (SSSR count). The molecule has 5 aromatic carbocycles. The van der Waals surface area contributed by atoms with Crippen molar-refractivity contribution in [3.8, 4) is 22.3 Å². The van der Waals surface area contributed by atoms with E-state index in [0.29, 0.717) is 0 Å². The molecule has 0 fully saturated rings. The van der Waals surface area contributed by atoms with Gasteiger partial charge in [-0.1, -0.05) is 121 Å². The lowest BCUT2D eigenvalue weighted by Gasteiger charge is -2.15. The highest BCUT2D eigenvalue weighted by Crippen LogP contribution is 2.38. The molecule has 0 bridgehead atoms. The number of rotatable bonds is 4. The Kier molecular flexibility index (Phi) is 4.91. The summed E-state index contributed by atoms with van der Waals surface area (Å²) in [6.45, 7) is 2.14. The molecule has 0 radical (unpaired) electrons. The van der Waals surface area contributed by atoms with Crippen molar-refractivity contribution in [2.75, 3.05) is 0 Å². The third kappa shape index (κ3) is 3.65. The molecular formula is C30H24. The van der Waals surface area contributed by atoms with Crippen LogP contribution in [0.3, 0.4) is 0 Å². The fraction of sp³-hybridized carbons (Fsp3) is 0.0667. The number of hydrogen-bond donors (Lipinski definition) is 0. The van der Waals surface area contributed by atoms with Gasteiger partial charge in [-0.15, -0.1) is 0 Å². The molecule has 0 nitrogen and oxygen atoms in total. The Balaban J connectivity index is 1.60. The minimum atomic E-state index is 0.962. The van der Waals surface area contributed by atoms with Crippen molar-refractivity contribution >= 4 is 10.8 Å². The fourth-order valence-corrected chi connectivity index (χ4v) is 4.18. The molecule has 0 aliphatic rings. The monoisotopic (exact) mass is 384 g/mol. The first-order valence-electron chi connectivity index (χ1n) is 10.5. The molecule has 0 heteroatoms. The molecule has 0 heterocycles. The standard InChI is InChI=1S/C30H24/c1-22-11-15-27(16-12-22)30-28-10-6-5-9-25(28)19-20-29(30)26-17-13-24(14-18-26)21-23-7-3-2-4-8-23/h2-20H,21H2,1H3. The Labute approximate surface area is 178 Å². The van der Waals surface area contributed by atoms with Crippen molar-refractivity contribution in [2.45, 2.75) is 13.3 Å². The van der Waals surface area contributed by atoms with Gasteiger partial charge in [-0.3, -0.25) is 0 Å². The zero-order chi connectivity index (χ0) is 20.3. The van der Waals surface area contributed by atoms with E-state index in [-0.39, 0.29) is 0 Å². The van der Waals surface area contributed by atoms with Crippen molar-refractivity contribution in [1.29, 1.82) is 0 Å². The summed E-state index contributed by atoms with van der Waals surface area (Å²) in [6, 6.07) is 41.8. The van der Waals surface area contributed by atoms with E-state index in [1.165, 1.54) is 49.7 Å². The number of hydrogen-bond acceptors (Lipinski definition) is 0. The second-order valence-corrected chi connectivity index (χ2v) is 7.93. The SMILES string of the molecule is Cc1ccc(-c2c(-c3ccc(Cc4ccccc4)cc3)ccc3ccccc23)cc1. The Hall–Kier alpha value is -3.64. The van der Waals surface area contributed by atoms with E-state index in [4.69, 9.17) is 0 Å². The smallest absolute Gasteiger partial charge is 0.00258 e. The van der Waals surface area contributed by atoms with Crippen LogP contribution < -0.4 is 0 Å². The minimum Gasteiger partial charge on any atom is -0.0622 e. The van der Waals surface area contributed by atoms with E-state index >= 15 is 0 Å². The summed E-state index contributed by atoms with van der Waals surface area (Å²) in [5, 5.41) is 2.57. The Morgan fingerprint density at radius 2 is 1.13 bits per heavy atom. The van der Waals surface area contributed by atoms with Crippen LogP contribution in [-0.2, 0) is 6.42 Å². The van der Waals surface area contributed by atoms with Crippen LogP contribution in [0.4, 0.5) is 0 Å². The molecule has 5 aromatic rings. The molecule has 30 heavy (non-hydrogen) atoms. The van der Waals surface area contributed by atoms with Gasteiger partial charge in [0.1, 0.15) is 0 Å². The van der Waals surface area contributed by atoms with E-state index in [1.807, 2.05) is 0 Å². The predicted octanol–water partition coefficient (Wildman–Crippen LogP) is 8.07. The summed E-state index contributed by atoms with van der Waals surface area (Å²) >= 11 is 0. The van der Waals surface area contributed by atoms with E-state index in [0.717, 1.165) is 6.42 Å². The maximum atomic E-state index is 2.27. The van der Waals surface area contributed by atoms with Crippen LogP contribution in [0.1, 0.15) is 16.7 Å². The minimum absolute atomic E-state index is 0.962. The molecule has 0 amide bonds. The molecule has 0 unspecified atom stereocenters. The summed E-state index contributed by atoms with van der Waals surface area (Å²) in [6.07, 6.45) is 0.962. The van der Waals surface area contributed by atoms with Crippen LogP contribution in [-0.4, -0.2) is 0 Å². The molecule has 0 saturated heterocycles. The molecule has 0 spiro atoms. The first kappa shape index (κ1) is 18.4. The first-order chi connectivity index (χ1) is 14.8. The molecule has 0 aliphatic carbocycles. The van der Waals surface area contributed by atoms with Gasteiger partial charge in [-0.05, 0) is 57.5 Å². The number of aryl methyl sites for hydroxylation is 1. The average Bonchev–Trinajstić information content (AvgIpc) is 2.80. The summed E-state index contributed by atoms with van der Waals surface area (Å²) < 4.78 is 0. The van der Waals surface area contributed by atoms with E-state index < -0.39 is 0 Å². The first-order valence-corrected chi connectivity index (χ1v) is 10.5. The molecular weight excluding hydrogens is 360 g/mol. The van der Waals surface area contributed by atoms with Crippen LogP contribution in [0.25, 0.3) is 33.0 Å². The third-order valence-electron chi connectivity index (χ3n) is 5.79. The van der Waals surface area contributed by atoms with Gasteiger partial charge in [0.15, 0.2) is 0 Å². The van der Waals surface area contributed by atoms with Gasteiger partial charge in [0.05, 0.1) is 0 Å². The van der Waals surface area contributed by atoms with Gasteiger partial charge in [-0.25, -0.2) is 0 Å². The maximum absolute atomic E-state index is 2.27. The topological polar surface area (TPSA) is 0 Å². The maximum Gasteiger partial charge on any atom is -0.00258 e. The summed E-state index contributed by atoms with van der Waals surface area (Å²) in [4.78, 5) is 0. The second kappa shape index (κ2) is 8.00. The van der Waals surface area contributed by atoms with Crippen LogP contribution in [0.15, 0.2) is 115 Å². The van der Waals surface area contributed by atoms with Crippen molar-refractivity contribution in [1.82, 2.24) is 0 Å².